The van der Waals surface area contributed by atoms with Crippen molar-refractivity contribution in [2.24, 2.45) is 0 Å². The number of alkyl halides is 6. The summed E-state index contributed by atoms with van der Waals surface area (Å²) in [4.78, 5) is 0. The molecule has 0 radical (unpaired) electrons. The Labute approximate surface area is 120 Å². The Morgan fingerprint density at radius 1 is 0.667 bits per heavy atom. The lowest BCUT2D eigenvalue weighted by molar-refractivity contribution is -0.475. The third-order valence-electron chi connectivity index (χ3n) is 2.90. The van der Waals surface area contributed by atoms with Crippen molar-refractivity contribution in [1.29, 1.82) is 0 Å². The molecule has 0 fully saturated rings. The molecule has 0 saturated heterocycles. The fourth-order valence-electron chi connectivity index (χ4n) is 2.02. The van der Waals surface area contributed by atoms with Crippen LogP contribution in [0.25, 0.3) is 0 Å². The van der Waals surface area contributed by atoms with Gasteiger partial charge in [0.15, 0.2) is 5.79 Å². The van der Waals surface area contributed by atoms with Gasteiger partial charge < -0.3 is 0 Å². The third-order valence-corrected chi connectivity index (χ3v) is 2.90. The Kier molecular flexibility index (Phi) is 8.61. The van der Waals surface area contributed by atoms with Gasteiger partial charge in [-0.15, -0.1) is 26.3 Å². The van der Waals surface area contributed by atoms with Gasteiger partial charge in [-0.25, -0.2) is 0 Å². The second-order valence-corrected chi connectivity index (χ2v) is 5.10. The van der Waals surface area contributed by atoms with E-state index in [1.54, 1.807) is 0 Å². The molecule has 8 heteroatoms. The highest BCUT2D eigenvalue weighted by atomic mass is 19.4. The Bertz CT molecular complexity index is 259. The molecule has 0 aliphatic heterocycles. The summed E-state index contributed by atoms with van der Waals surface area (Å²) in [6, 6.07) is 0. The number of ether oxygens (including phenoxy) is 2. The van der Waals surface area contributed by atoms with Crippen molar-refractivity contribution in [3.63, 3.8) is 0 Å². The average Bonchev–Trinajstić information content (AvgIpc) is 2.22. The van der Waals surface area contributed by atoms with Crippen LogP contribution in [0.1, 0.15) is 65.2 Å². The van der Waals surface area contributed by atoms with E-state index in [4.69, 9.17) is 0 Å². The molecule has 2 nitrogen and oxygen atoms in total. The molecule has 0 rings (SSSR count). The van der Waals surface area contributed by atoms with Crippen LogP contribution in [0.15, 0.2) is 0 Å². The van der Waals surface area contributed by atoms with Gasteiger partial charge in [0.1, 0.15) is 0 Å². The first-order valence-corrected chi connectivity index (χ1v) is 7.01. The summed E-state index contributed by atoms with van der Waals surface area (Å²) in [5.74, 6) is -2.74. The summed E-state index contributed by atoms with van der Waals surface area (Å²) < 4.78 is 80.0. The van der Waals surface area contributed by atoms with Crippen LogP contribution in [0.4, 0.5) is 26.3 Å². The number of hydrogen-bond acceptors (Lipinski definition) is 2. The zero-order chi connectivity index (χ0) is 16.6. The maximum absolute atomic E-state index is 12.2. The molecular weight excluding hydrogens is 302 g/mol. The summed E-state index contributed by atoms with van der Waals surface area (Å²) >= 11 is 0. The van der Waals surface area contributed by atoms with Crippen molar-refractivity contribution in [2.75, 3.05) is 0 Å². The fraction of sp³-hybridized carbons (Fsp3) is 1.00. The minimum absolute atomic E-state index is 0.175. The number of unbranched alkanes of at least 4 members (excludes halogenated alkanes) is 6. The molecule has 0 aliphatic carbocycles. The van der Waals surface area contributed by atoms with Crippen LogP contribution in [-0.4, -0.2) is 18.5 Å². The van der Waals surface area contributed by atoms with Crippen LogP contribution in [0.3, 0.4) is 0 Å². The van der Waals surface area contributed by atoms with E-state index in [1.807, 2.05) is 6.92 Å². The first kappa shape index (κ1) is 20.5. The molecule has 0 aromatic heterocycles. The number of rotatable bonds is 10. The highest BCUT2D eigenvalue weighted by molar-refractivity contribution is 4.65. The monoisotopic (exact) mass is 324 g/mol. The SMILES string of the molecule is CCCCCCCCCC(C)(OC(F)(F)F)OC(F)(F)F. The van der Waals surface area contributed by atoms with E-state index in [0.29, 0.717) is 13.3 Å². The Morgan fingerprint density at radius 2 is 1.05 bits per heavy atom. The standard InChI is InChI=1S/C13H22F6O2/c1-3-4-5-6-7-8-9-10-11(2,20-12(14,15)16)21-13(17,18)19/h3-10H2,1-2H3. The van der Waals surface area contributed by atoms with Gasteiger partial charge in [0.25, 0.3) is 0 Å². The maximum atomic E-state index is 12.2. The largest absolute Gasteiger partial charge is 0.524 e. The second kappa shape index (κ2) is 8.82. The molecule has 128 valence electrons. The summed E-state index contributed by atoms with van der Waals surface area (Å²) in [5, 5.41) is 0. The van der Waals surface area contributed by atoms with Gasteiger partial charge in [0.2, 0.25) is 0 Å². The van der Waals surface area contributed by atoms with Crippen molar-refractivity contribution in [1.82, 2.24) is 0 Å². The maximum Gasteiger partial charge on any atom is 0.524 e. The van der Waals surface area contributed by atoms with Gasteiger partial charge in [-0.05, 0) is 13.3 Å². The molecule has 0 spiro atoms. The molecule has 0 saturated carbocycles. The van der Waals surface area contributed by atoms with Crippen molar-refractivity contribution < 1.29 is 35.8 Å². The van der Waals surface area contributed by atoms with E-state index in [-0.39, 0.29) is 6.42 Å². The first-order valence-electron chi connectivity index (χ1n) is 7.01. The predicted octanol–water partition coefficient (Wildman–Crippen LogP) is 5.92. The minimum Gasteiger partial charge on any atom is -0.259 e. The molecule has 0 aliphatic rings. The lowest BCUT2D eigenvalue weighted by Gasteiger charge is -2.31. The van der Waals surface area contributed by atoms with Crippen molar-refractivity contribution in [2.45, 2.75) is 83.7 Å². The van der Waals surface area contributed by atoms with E-state index in [9.17, 15) is 26.3 Å². The lowest BCUT2D eigenvalue weighted by Crippen LogP contribution is -2.42. The Morgan fingerprint density at radius 3 is 1.43 bits per heavy atom. The third kappa shape index (κ3) is 12.9. The van der Waals surface area contributed by atoms with E-state index < -0.39 is 24.9 Å². The minimum atomic E-state index is -5.18. The van der Waals surface area contributed by atoms with Gasteiger partial charge >= 0.3 is 12.7 Å². The van der Waals surface area contributed by atoms with E-state index in [2.05, 4.69) is 9.47 Å². The zero-order valence-electron chi connectivity index (χ0n) is 12.2. The van der Waals surface area contributed by atoms with E-state index in [0.717, 1.165) is 32.1 Å². The van der Waals surface area contributed by atoms with Crippen molar-refractivity contribution in [3.8, 4) is 0 Å². The molecule has 0 bridgehead atoms. The lowest BCUT2D eigenvalue weighted by atomic mass is 10.1. The molecule has 0 atom stereocenters. The van der Waals surface area contributed by atoms with Crippen molar-refractivity contribution >= 4 is 0 Å². The van der Waals surface area contributed by atoms with Crippen molar-refractivity contribution in [3.05, 3.63) is 0 Å². The zero-order valence-corrected chi connectivity index (χ0v) is 12.2. The number of hydrogen-bond donors (Lipinski definition) is 0. The van der Waals surface area contributed by atoms with Crippen LogP contribution < -0.4 is 0 Å². The summed E-state index contributed by atoms with van der Waals surface area (Å²) in [6.07, 6.45) is -5.26. The fourth-order valence-corrected chi connectivity index (χ4v) is 2.02. The topological polar surface area (TPSA) is 18.5 Å². The quantitative estimate of drug-likeness (QED) is 0.282. The highest BCUT2D eigenvalue weighted by Gasteiger charge is 2.47. The molecule has 0 unspecified atom stereocenters. The molecule has 0 N–H and O–H groups in total. The van der Waals surface area contributed by atoms with Crippen LogP contribution in [0.2, 0.25) is 0 Å². The second-order valence-electron chi connectivity index (χ2n) is 5.10. The summed E-state index contributed by atoms with van der Waals surface area (Å²) in [6.45, 7) is 2.71. The summed E-state index contributed by atoms with van der Waals surface area (Å²) in [5.41, 5.74) is 0. The molecule has 21 heavy (non-hydrogen) atoms. The number of halogens is 6. The van der Waals surface area contributed by atoms with Crippen LogP contribution in [0.5, 0.6) is 0 Å². The Balaban J connectivity index is 4.23. The molecular formula is C13H22F6O2. The highest BCUT2D eigenvalue weighted by Crippen LogP contribution is 2.35. The average molecular weight is 324 g/mol. The van der Waals surface area contributed by atoms with Gasteiger partial charge in [-0.2, -0.15) is 0 Å². The molecule has 0 heterocycles. The predicted molar refractivity (Wildman–Crippen MR) is 65.3 cm³/mol. The molecule has 0 aromatic rings. The Hall–Kier alpha value is -0.500. The van der Waals surface area contributed by atoms with E-state index >= 15 is 0 Å². The van der Waals surface area contributed by atoms with Gasteiger partial charge in [0, 0.05) is 6.42 Å². The van der Waals surface area contributed by atoms with Crippen LogP contribution in [-0.2, 0) is 9.47 Å². The summed E-state index contributed by atoms with van der Waals surface area (Å²) in [7, 11) is 0. The molecule has 0 aromatic carbocycles. The van der Waals surface area contributed by atoms with Crippen LogP contribution >= 0.6 is 0 Å². The van der Waals surface area contributed by atoms with E-state index in [1.165, 1.54) is 0 Å². The normalized spacial score (nSPS) is 13.7. The van der Waals surface area contributed by atoms with Gasteiger partial charge in [-0.3, -0.25) is 9.47 Å². The van der Waals surface area contributed by atoms with Gasteiger partial charge in [-0.1, -0.05) is 45.4 Å². The van der Waals surface area contributed by atoms with Crippen LogP contribution in [0, 0.1) is 0 Å². The molecule has 0 amide bonds. The van der Waals surface area contributed by atoms with Gasteiger partial charge in [0.05, 0.1) is 0 Å². The first-order chi connectivity index (χ1) is 9.47. The smallest absolute Gasteiger partial charge is 0.259 e.